The zero-order valence-corrected chi connectivity index (χ0v) is 5.95. The van der Waals surface area contributed by atoms with Crippen LogP contribution in [0.25, 0.3) is 0 Å². The fourth-order valence-electron chi connectivity index (χ4n) is 0.971. The molecule has 1 saturated carbocycles. The van der Waals surface area contributed by atoms with Crippen LogP contribution in [0.2, 0.25) is 0 Å². The van der Waals surface area contributed by atoms with Gasteiger partial charge >= 0.3 is 0 Å². The standard InChI is InChI=1S/C7H9NS/c8-7(2-3-7)6-1-4-9-5-6/h1,4-5H,2-3,8H2. The molecule has 0 aliphatic heterocycles. The zero-order valence-electron chi connectivity index (χ0n) is 5.13. The van der Waals surface area contributed by atoms with Gasteiger partial charge in [0, 0.05) is 5.54 Å². The number of rotatable bonds is 1. The van der Waals surface area contributed by atoms with E-state index in [-0.39, 0.29) is 5.54 Å². The molecule has 2 rings (SSSR count). The largest absolute Gasteiger partial charge is 0.321 e. The Morgan fingerprint density at radius 3 is 2.78 bits per heavy atom. The molecule has 0 saturated heterocycles. The first kappa shape index (κ1) is 5.45. The first-order valence-corrected chi connectivity index (χ1v) is 4.07. The third-order valence-electron chi connectivity index (χ3n) is 1.88. The first-order valence-electron chi connectivity index (χ1n) is 3.13. The highest BCUT2D eigenvalue weighted by Gasteiger charge is 2.39. The zero-order chi connectivity index (χ0) is 6.32. The molecule has 1 nitrogen and oxygen atoms in total. The fraction of sp³-hybridized carbons (Fsp3) is 0.429. The molecule has 2 N–H and O–H groups in total. The summed E-state index contributed by atoms with van der Waals surface area (Å²) in [4.78, 5) is 0. The van der Waals surface area contributed by atoms with Crippen molar-refractivity contribution in [1.82, 2.24) is 0 Å². The van der Waals surface area contributed by atoms with Crippen LogP contribution < -0.4 is 5.73 Å². The van der Waals surface area contributed by atoms with Crippen molar-refractivity contribution in [1.29, 1.82) is 0 Å². The summed E-state index contributed by atoms with van der Waals surface area (Å²) in [6.45, 7) is 0. The third-order valence-corrected chi connectivity index (χ3v) is 2.57. The summed E-state index contributed by atoms with van der Waals surface area (Å²) in [5.41, 5.74) is 7.33. The highest BCUT2D eigenvalue weighted by molar-refractivity contribution is 7.08. The molecule has 0 aromatic carbocycles. The molecule has 2 heteroatoms. The van der Waals surface area contributed by atoms with Crippen molar-refractivity contribution in [3.05, 3.63) is 22.4 Å². The Hall–Kier alpha value is -0.340. The van der Waals surface area contributed by atoms with Gasteiger partial charge in [-0.2, -0.15) is 11.3 Å². The van der Waals surface area contributed by atoms with E-state index in [1.165, 1.54) is 18.4 Å². The van der Waals surface area contributed by atoms with Crippen LogP contribution in [0, 0.1) is 0 Å². The molecule has 1 heterocycles. The lowest BCUT2D eigenvalue weighted by molar-refractivity contribution is 0.744. The van der Waals surface area contributed by atoms with Crippen LogP contribution in [-0.4, -0.2) is 0 Å². The molecular weight excluding hydrogens is 130 g/mol. The van der Waals surface area contributed by atoms with Gasteiger partial charge in [-0.05, 0) is 35.2 Å². The van der Waals surface area contributed by atoms with E-state index in [1.54, 1.807) is 11.3 Å². The van der Waals surface area contributed by atoms with E-state index in [2.05, 4.69) is 16.8 Å². The van der Waals surface area contributed by atoms with Gasteiger partial charge in [-0.15, -0.1) is 0 Å². The lowest BCUT2D eigenvalue weighted by Gasteiger charge is -2.02. The SMILES string of the molecule is NC1(c2ccsc2)CC1. The van der Waals surface area contributed by atoms with Crippen molar-refractivity contribution < 1.29 is 0 Å². The Bertz CT molecular complexity index is 199. The van der Waals surface area contributed by atoms with E-state index >= 15 is 0 Å². The molecule has 0 bridgehead atoms. The smallest absolute Gasteiger partial charge is 0.0419 e. The minimum Gasteiger partial charge on any atom is -0.321 e. The van der Waals surface area contributed by atoms with Crippen molar-refractivity contribution in [2.45, 2.75) is 18.4 Å². The van der Waals surface area contributed by atoms with E-state index in [9.17, 15) is 0 Å². The van der Waals surface area contributed by atoms with Gasteiger partial charge in [0.2, 0.25) is 0 Å². The minimum absolute atomic E-state index is 0.0833. The van der Waals surface area contributed by atoms with Crippen LogP contribution in [0.15, 0.2) is 16.8 Å². The molecule has 1 fully saturated rings. The van der Waals surface area contributed by atoms with Crippen LogP contribution in [0.3, 0.4) is 0 Å². The average molecular weight is 139 g/mol. The summed E-state index contributed by atoms with van der Waals surface area (Å²) in [6, 6.07) is 2.12. The second-order valence-electron chi connectivity index (χ2n) is 2.67. The Kier molecular flexibility index (Phi) is 0.957. The highest BCUT2D eigenvalue weighted by atomic mass is 32.1. The van der Waals surface area contributed by atoms with E-state index in [1.807, 2.05) is 0 Å². The molecule has 1 aliphatic carbocycles. The molecule has 0 atom stereocenters. The molecule has 0 spiro atoms. The van der Waals surface area contributed by atoms with Crippen LogP contribution in [0.5, 0.6) is 0 Å². The van der Waals surface area contributed by atoms with Gasteiger partial charge in [-0.1, -0.05) is 0 Å². The Morgan fingerprint density at radius 1 is 1.56 bits per heavy atom. The van der Waals surface area contributed by atoms with Gasteiger partial charge in [-0.3, -0.25) is 0 Å². The van der Waals surface area contributed by atoms with E-state index in [0.717, 1.165) is 0 Å². The Labute approximate surface area is 58.5 Å². The monoisotopic (exact) mass is 139 g/mol. The van der Waals surface area contributed by atoms with Crippen LogP contribution in [-0.2, 0) is 5.54 Å². The summed E-state index contributed by atoms with van der Waals surface area (Å²) in [7, 11) is 0. The second kappa shape index (κ2) is 1.58. The normalized spacial score (nSPS) is 21.9. The van der Waals surface area contributed by atoms with Gasteiger partial charge in [0.05, 0.1) is 0 Å². The predicted octanol–water partition coefficient (Wildman–Crippen LogP) is 1.70. The van der Waals surface area contributed by atoms with Crippen molar-refractivity contribution in [2.75, 3.05) is 0 Å². The molecular formula is C7H9NS. The summed E-state index contributed by atoms with van der Waals surface area (Å²) >= 11 is 1.73. The molecule has 0 unspecified atom stereocenters. The molecule has 1 aromatic rings. The maximum Gasteiger partial charge on any atom is 0.0419 e. The van der Waals surface area contributed by atoms with E-state index < -0.39 is 0 Å². The van der Waals surface area contributed by atoms with Gasteiger partial charge in [0.15, 0.2) is 0 Å². The quantitative estimate of drug-likeness (QED) is 0.629. The fourth-order valence-corrected chi connectivity index (χ4v) is 1.73. The van der Waals surface area contributed by atoms with E-state index in [4.69, 9.17) is 5.73 Å². The van der Waals surface area contributed by atoms with Crippen LogP contribution >= 0.6 is 11.3 Å². The third kappa shape index (κ3) is 0.787. The maximum absolute atomic E-state index is 5.92. The molecule has 0 amide bonds. The maximum atomic E-state index is 5.92. The molecule has 1 aliphatic rings. The van der Waals surface area contributed by atoms with Crippen molar-refractivity contribution in [3.8, 4) is 0 Å². The predicted molar refractivity (Wildman–Crippen MR) is 39.4 cm³/mol. The first-order chi connectivity index (χ1) is 4.31. The Morgan fingerprint density at radius 2 is 2.33 bits per heavy atom. The number of hydrogen-bond donors (Lipinski definition) is 1. The summed E-state index contributed by atoms with van der Waals surface area (Å²) in [5, 5.41) is 4.23. The molecule has 0 radical (unpaired) electrons. The second-order valence-corrected chi connectivity index (χ2v) is 3.45. The van der Waals surface area contributed by atoms with E-state index in [0.29, 0.717) is 0 Å². The number of thiophene rings is 1. The van der Waals surface area contributed by atoms with Crippen LogP contribution in [0.4, 0.5) is 0 Å². The average Bonchev–Trinajstić information content (AvgIpc) is 2.46. The van der Waals surface area contributed by atoms with Gasteiger partial charge < -0.3 is 5.73 Å². The highest BCUT2D eigenvalue weighted by Crippen LogP contribution is 2.43. The van der Waals surface area contributed by atoms with Crippen LogP contribution in [0.1, 0.15) is 18.4 Å². The number of hydrogen-bond acceptors (Lipinski definition) is 2. The summed E-state index contributed by atoms with van der Waals surface area (Å²) in [5.74, 6) is 0. The van der Waals surface area contributed by atoms with Gasteiger partial charge in [0.25, 0.3) is 0 Å². The topological polar surface area (TPSA) is 26.0 Å². The lowest BCUT2D eigenvalue weighted by atomic mass is 10.1. The molecule has 1 aromatic heterocycles. The lowest BCUT2D eigenvalue weighted by Crippen LogP contribution is -2.17. The molecule has 48 valence electrons. The van der Waals surface area contributed by atoms with Crippen molar-refractivity contribution in [2.24, 2.45) is 5.73 Å². The summed E-state index contributed by atoms with van der Waals surface area (Å²) in [6.07, 6.45) is 2.34. The minimum atomic E-state index is 0.0833. The van der Waals surface area contributed by atoms with Crippen molar-refractivity contribution >= 4 is 11.3 Å². The summed E-state index contributed by atoms with van der Waals surface area (Å²) < 4.78 is 0. The number of nitrogens with two attached hydrogens (primary N) is 1. The van der Waals surface area contributed by atoms with Crippen molar-refractivity contribution in [3.63, 3.8) is 0 Å². The Balaban J connectivity index is 2.34. The van der Waals surface area contributed by atoms with Gasteiger partial charge in [-0.25, -0.2) is 0 Å². The van der Waals surface area contributed by atoms with Gasteiger partial charge in [0.1, 0.15) is 0 Å². The molecule has 9 heavy (non-hydrogen) atoms.